The Bertz CT molecular complexity index is 263. The van der Waals surface area contributed by atoms with Gasteiger partial charge < -0.3 is 4.74 Å². The molecule has 1 aliphatic rings. The molecule has 5 heteroatoms. The van der Waals surface area contributed by atoms with E-state index >= 15 is 0 Å². The van der Waals surface area contributed by atoms with Gasteiger partial charge in [-0.3, -0.25) is 0 Å². The third kappa shape index (κ3) is 3.22. The zero-order valence-corrected chi connectivity index (χ0v) is 9.72. The SMILES string of the molecule is CCCCS(=O)(=O)N1CCOC(C)C1. The van der Waals surface area contributed by atoms with E-state index in [1.54, 1.807) is 4.31 Å². The lowest BCUT2D eigenvalue weighted by Crippen LogP contribution is -2.45. The van der Waals surface area contributed by atoms with Crippen LogP contribution in [0.4, 0.5) is 0 Å². The Hall–Kier alpha value is -0.130. The summed E-state index contributed by atoms with van der Waals surface area (Å²) in [5, 5.41) is 0. The Labute approximate surface area is 86.3 Å². The number of sulfonamides is 1. The molecule has 0 N–H and O–H groups in total. The molecule has 0 amide bonds. The van der Waals surface area contributed by atoms with E-state index in [0.29, 0.717) is 19.7 Å². The van der Waals surface area contributed by atoms with Crippen LogP contribution in [0.15, 0.2) is 0 Å². The van der Waals surface area contributed by atoms with Crippen molar-refractivity contribution in [2.24, 2.45) is 0 Å². The van der Waals surface area contributed by atoms with Gasteiger partial charge in [-0.2, -0.15) is 4.31 Å². The van der Waals surface area contributed by atoms with Crippen molar-refractivity contribution in [1.82, 2.24) is 4.31 Å². The molecule has 1 heterocycles. The zero-order chi connectivity index (χ0) is 10.6. The van der Waals surface area contributed by atoms with Crippen LogP contribution in [0.5, 0.6) is 0 Å². The standard InChI is InChI=1S/C9H19NO3S/c1-3-4-7-14(11,12)10-5-6-13-9(2)8-10/h9H,3-8H2,1-2H3. The van der Waals surface area contributed by atoms with Gasteiger partial charge in [-0.05, 0) is 13.3 Å². The fourth-order valence-corrected chi connectivity index (χ4v) is 3.20. The molecule has 4 nitrogen and oxygen atoms in total. The van der Waals surface area contributed by atoms with Crippen LogP contribution in [0.2, 0.25) is 0 Å². The Morgan fingerprint density at radius 1 is 1.50 bits per heavy atom. The Morgan fingerprint density at radius 2 is 2.21 bits per heavy atom. The Morgan fingerprint density at radius 3 is 2.79 bits per heavy atom. The number of unbranched alkanes of at least 4 members (excludes halogenated alkanes) is 1. The Balaban J connectivity index is 2.53. The van der Waals surface area contributed by atoms with E-state index in [1.807, 2.05) is 13.8 Å². The van der Waals surface area contributed by atoms with Gasteiger partial charge in [0, 0.05) is 13.1 Å². The number of rotatable bonds is 4. The minimum absolute atomic E-state index is 0.0279. The van der Waals surface area contributed by atoms with Gasteiger partial charge in [-0.25, -0.2) is 8.42 Å². The van der Waals surface area contributed by atoms with Crippen molar-refractivity contribution in [3.05, 3.63) is 0 Å². The average molecular weight is 221 g/mol. The number of nitrogens with zero attached hydrogens (tertiary/aromatic N) is 1. The minimum atomic E-state index is -3.03. The molecule has 1 rings (SSSR count). The molecule has 0 bridgehead atoms. The summed E-state index contributed by atoms with van der Waals surface area (Å²) in [7, 11) is -3.03. The topological polar surface area (TPSA) is 46.6 Å². The fourth-order valence-electron chi connectivity index (χ4n) is 1.49. The first-order valence-corrected chi connectivity index (χ1v) is 6.76. The monoisotopic (exact) mass is 221 g/mol. The molecule has 0 radical (unpaired) electrons. The van der Waals surface area contributed by atoms with Crippen molar-refractivity contribution in [2.75, 3.05) is 25.4 Å². The van der Waals surface area contributed by atoms with E-state index in [2.05, 4.69) is 0 Å². The highest BCUT2D eigenvalue weighted by Crippen LogP contribution is 2.11. The van der Waals surface area contributed by atoms with E-state index in [9.17, 15) is 8.42 Å². The highest BCUT2D eigenvalue weighted by atomic mass is 32.2. The summed E-state index contributed by atoms with van der Waals surface area (Å²) < 4.78 is 30.4. The third-order valence-corrected chi connectivity index (χ3v) is 4.28. The second-order valence-electron chi connectivity index (χ2n) is 3.71. The van der Waals surface area contributed by atoms with Gasteiger partial charge in [0.1, 0.15) is 0 Å². The molecule has 84 valence electrons. The van der Waals surface area contributed by atoms with Gasteiger partial charge in [0.2, 0.25) is 10.0 Å². The van der Waals surface area contributed by atoms with Crippen LogP contribution in [0.1, 0.15) is 26.7 Å². The molecule has 0 spiro atoms. The third-order valence-electron chi connectivity index (χ3n) is 2.35. The number of ether oxygens (including phenoxy) is 1. The van der Waals surface area contributed by atoms with E-state index in [0.717, 1.165) is 12.8 Å². The molecular weight excluding hydrogens is 202 g/mol. The van der Waals surface area contributed by atoms with Crippen LogP contribution in [-0.4, -0.2) is 44.3 Å². The Kier molecular flexibility index (Phi) is 4.34. The highest BCUT2D eigenvalue weighted by Gasteiger charge is 2.26. The number of morpholine rings is 1. The predicted octanol–water partition coefficient (Wildman–Crippen LogP) is 0.837. The summed E-state index contributed by atoms with van der Waals surface area (Å²) in [4.78, 5) is 0. The number of hydrogen-bond donors (Lipinski definition) is 0. The molecule has 1 aliphatic heterocycles. The maximum Gasteiger partial charge on any atom is 0.214 e. The van der Waals surface area contributed by atoms with Crippen LogP contribution >= 0.6 is 0 Å². The van der Waals surface area contributed by atoms with Crippen molar-refractivity contribution in [1.29, 1.82) is 0 Å². The van der Waals surface area contributed by atoms with Crippen LogP contribution in [-0.2, 0) is 14.8 Å². The van der Waals surface area contributed by atoms with E-state index in [1.165, 1.54) is 0 Å². The molecule has 0 aliphatic carbocycles. The number of hydrogen-bond acceptors (Lipinski definition) is 3. The summed E-state index contributed by atoms with van der Waals surface area (Å²) in [6.07, 6.45) is 1.69. The zero-order valence-electron chi connectivity index (χ0n) is 8.90. The second kappa shape index (κ2) is 5.09. The van der Waals surface area contributed by atoms with E-state index in [4.69, 9.17) is 4.74 Å². The summed E-state index contributed by atoms with van der Waals surface area (Å²) >= 11 is 0. The highest BCUT2D eigenvalue weighted by molar-refractivity contribution is 7.89. The minimum Gasteiger partial charge on any atom is -0.376 e. The first kappa shape index (κ1) is 11.9. The molecule has 1 unspecified atom stereocenters. The molecular formula is C9H19NO3S. The molecule has 1 fully saturated rings. The summed E-state index contributed by atoms with van der Waals surface area (Å²) in [5.41, 5.74) is 0. The molecule has 0 saturated carbocycles. The van der Waals surface area contributed by atoms with Crippen molar-refractivity contribution >= 4 is 10.0 Å². The van der Waals surface area contributed by atoms with E-state index < -0.39 is 10.0 Å². The maximum atomic E-state index is 11.8. The molecule has 14 heavy (non-hydrogen) atoms. The lowest BCUT2D eigenvalue weighted by atomic mass is 10.3. The quantitative estimate of drug-likeness (QED) is 0.706. The first-order valence-electron chi connectivity index (χ1n) is 5.15. The smallest absolute Gasteiger partial charge is 0.214 e. The lowest BCUT2D eigenvalue weighted by molar-refractivity contribution is 0.0102. The summed E-state index contributed by atoms with van der Waals surface area (Å²) in [6, 6.07) is 0. The van der Waals surface area contributed by atoms with E-state index in [-0.39, 0.29) is 11.9 Å². The second-order valence-corrected chi connectivity index (χ2v) is 5.80. The first-order chi connectivity index (χ1) is 6.56. The van der Waals surface area contributed by atoms with Gasteiger partial charge in [0.15, 0.2) is 0 Å². The largest absolute Gasteiger partial charge is 0.376 e. The van der Waals surface area contributed by atoms with Gasteiger partial charge >= 0.3 is 0 Å². The lowest BCUT2D eigenvalue weighted by Gasteiger charge is -2.30. The van der Waals surface area contributed by atoms with Crippen molar-refractivity contribution in [3.8, 4) is 0 Å². The van der Waals surface area contributed by atoms with Crippen LogP contribution in [0.25, 0.3) is 0 Å². The normalized spacial score (nSPS) is 25.1. The van der Waals surface area contributed by atoms with Crippen LogP contribution in [0.3, 0.4) is 0 Å². The van der Waals surface area contributed by atoms with Gasteiger partial charge in [-0.15, -0.1) is 0 Å². The van der Waals surface area contributed by atoms with Gasteiger partial charge in [0.05, 0.1) is 18.5 Å². The summed E-state index contributed by atoms with van der Waals surface area (Å²) in [5.74, 6) is 0.274. The average Bonchev–Trinajstić information content (AvgIpc) is 2.15. The van der Waals surface area contributed by atoms with Gasteiger partial charge in [0.25, 0.3) is 0 Å². The van der Waals surface area contributed by atoms with Gasteiger partial charge in [-0.1, -0.05) is 13.3 Å². The molecule has 1 atom stereocenters. The van der Waals surface area contributed by atoms with Crippen molar-refractivity contribution in [2.45, 2.75) is 32.8 Å². The van der Waals surface area contributed by atoms with Crippen LogP contribution < -0.4 is 0 Å². The maximum absolute atomic E-state index is 11.8. The van der Waals surface area contributed by atoms with Crippen LogP contribution in [0, 0.1) is 0 Å². The predicted molar refractivity (Wildman–Crippen MR) is 55.7 cm³/mol. The molecule has 0 aromatic carbocycles. The van der Waals surface area contributed by atoms with Crippen molar-refractivity contribution < 1.29 is 13.2 Å². The molecule has 1 saturated heterocycles. The summed E-state index contributed by atoms with van der Waals surface area (Å²) in [6.45, 7) is 5.44. The molecule has 0 aromatic heterocycles. The molecule has 0 aromatic rings. The van der Waals surface area contributed by atoms with Crippen molar-refractivity contribution in [3.63, 3.8) is 0 Å². The fraction of sp³-hybridized carbons (Fsp3) is 1.00.